The zero-order chi connectivity index (χ0) is 22.6. The zero-order valence-electron chi connectivity index (χ0n) is 17.9. The molecule has 0 fully saturated rings. The first-order valence-electron chi connectivity index (χ1n) is 9.61. The number of anilines is 1. The van der Waals surface area contributed by atoms with Crippen LogP contribution >= 0.6 is 11.5 Å². The van der Waals surface area contributed by atoms with Crippen molar-refractivity contribution in [2.24, 2.45) is 11.7 Å². The molecule has 2 aromatic heterocycles. The van der Waals surface area contributed by atoms with Gasteiger partial charge in [-0.2, -0.15) is 4.37 Å². The molecule has 10 heteroatoms. The van der Waals surface area contributed by atoms with Crippen LogP contribution in [0, 0.1) is 5.92 Å². The standard InChI is InChI=1S/C20H29N5O4S/c1-11(2)9-13(18(27)23-20(3,4)5)25(10-12-7-6-8-29-12)19(28)16-14(21)15(17(22)26)24-30-16/h6-8,11,13H,9-10,21H2,1-5H3,(H2,22,26)(H,23,27)/t13-/m0/s1. The van der Waals surface area contributed by atoms with E-state index in [0.717, 1.165) is 11.5 Å². The molecule has 0 radical (unpaired) electrons. The molecule has 164 valence electrons. The molecule has 2 rings (SSSR count). The highest BCUT2D eigenvalue weighted by Crippen LogP contribution is 2.27. The van der Waals surface area contributed by atoms with Crippen LogP contribution in [-0.4, -0.2) is 38.6 Å². The molecule has 3 amide bonds. The lowest BCUT2D eigenvalue weighted by molar-refractivity contribution is -0.128. The third-order valence-corrected chi connectivity index (χ3v) is 5.05. The first-order valence-corrected chi connectivity index (χ1v) is 10.4. The number of nitrogen functional groups attached to an aromatic ring is 1. The fourth-order valence-corrected chi connectivity index (χ4v) is 3.69. The Bertz CT molecular complexity index is 899. The van der Waals surface area contributed by atoms with E-state index in [4.69, 9.17) is 15.9 Å². The van der Waals surface area contributed by atoms with Crippen LogP contribution in [0.4, 0.5) is 5.69 Å². The van der Waals surface area contributed by atoms with Gasteiger partial charge in [-0.25, -0.2) is 0 Å². The van der Waals surface area contributed by atoms with Crippen LogP contribution < -0.4 is 16.8 Å². The Balaban J connectivity index is 2.48. The maximum absolute atomic E-state index is 13.5. The van der Waals surface area contributed by atoms with Gasteiger partial charge in [-0.15, -0.1) is 0 Å². The SMILES string of the molecule is CC(C)C[C@@H](C(=O)NC(C)(C)C)N(Cc1ccco1)C(=O)c1snc(C(N)=O)c1N. The van der Waals surface area contributed by atoms with Gasteiger partial charge in [0.05, 0.1) is 18.5 Å². The van der Waals surface area contributed by atoms with Crippen molar-refractivity contribution in [1.82, 2.24) is 14.6 Å². The quantitative estimate of drug-likeness (QED) is 0.580. The number of amides is 3. The second kappa shape index (κ2) is 9.29. The third-order valence-electron chi connectivity index (χ3n) is 4.19. The zero-order valence-corrected chi connectivity index (χ0v) is 18.7. The molecule has 0 bridgehead atoms. The molecule has 0 aliphatic carbocycles. The average molecular weight is 436 g/mol. The highest BCUT2D eigenvalue weighted by Gasteiger charge is 2.35. The highest BCUT2D eigenvalue weighted by atomic mass is 32.1. The Morgan fingerprint density at radius 2 is 1.97 bits per heavy atom. The van der Waals surface area contributed by atoms with E-state index in [-0.39, 0.29) is 34.6 Å². The third kappa shape index (κ3) is 5.82. The Hall–Kier alpha value is -2.88. The van der Waals surface area contributed by atoms with Gasteiger partial charge in [0.1, 0.15) is 16.7 Å². The van der Waals surface area contributed by atoms with Crippen LogP contribution in [0.2, 0.25) is 0 Å². The van der Waals surface area contributed by atoms with E-state index in [9.17, 15) is 14.4 Å². The van der Waals surface area contributed by atoms with Crippen LogP contribution in [0.15, 0.2) is 22.8 Å². The molecule has 0 unspecified atom stereocenters. The van der Waals surface area contributed by atoms with Crippen molar-refractivity contribution in [1.29, 1.82) is 0 Å². The second-order valence-electron chi connectivity index (χ2n) is 8.54. The summed E-state index contributed by atoms with van der Waals surface area (Å²) >= 11 is 0.785. The Morgan fingerprint density at radius 3 is 2.43 bits per heavy atom. The molecular weight excluding hydrogens is 406 g/mol. The van der Waals surface area contributed by atoms with Crippen LogP contribution in [0.3, 0.4) is 0 Å². The summed E-state index contributed by atoms with van der Waals surface area (Å²) in [5.41, 5.74) is 10.5. The summed E-state index contributed by atoms with van der Waals surface area (Å²) in [6, 6.07) is 2.65. The molecule has 2 heterocycles. The maximum Gasteiger partial charge on any atom is 0.270 e. The summed E-state index contributed by atoms with van der Waals surface area (Å²) < 4.78 is 9.33. The Morgan fingerprint density at radius 1 is 1.30 bits per heavy atom. The largest absolute Gasteiger partial charge is 0.467 e. The molecule has 9 nitrogen and oxygen atoms in total. The second-order valence-corrected chi connectivity index (χ2v) is 9.31. The van der Waals surface area contributed by atoms with Crippen LogP contribution in [0.25, 0.3) is 0 Å². The minimum atomic E-state index is -0.815. The fraction of sp³-hybridized carbons (Fsp3) is 0.500. The molecule has 30 heavy (non-hydrogen) atoms. The summed E-state index contributed by atoms with van der Waals surface area (Å²) in [6.07, 6.45) is 1.92. The number of carbonyl (C=O) groups excluding carboxylic acids is 3. The maximum atomic E-state index is 13.5. The predicted molar refractivity (Wildman–Crippen MR) is 115 cm³/mol. The number of rotatable bonds is 8. The Kier molecular flexibility index (Phi) is 7.25. The van der Waals surface area contributed by atoms with Gasteiger partial charge in [-0.3, -0.25) is 14.4 Å². The highest BCUT2D eigenvalue weighted by molar-refractivity contribution is 7.09. The lowest BCUT2D eigenvalue weighted by Crippen LogP contribution is -2.54. The number of aromatic nitrogens is 1. The van der Waals surface area contributed by atoms with Gasteiger partial charge in [0.2, 0.25) is 5.91 Å². The predicted octanol–water partition coefficient (Wildman–Crippen LogP) is 2.39. The molecule has 0 aromatic carbocycles. The number of carbonyl (C=O) groups is 3. The van der Waals surface area contributed by atoms with Crippen LogP contribution in [0.1, 0.15) is 67.0 Å². The van der Waals surface area contributed by atoms with E-state index in [1.54, 1.807) is 12.1 Å². The van der Waals surface area contributed by atoms with Gasteiger partial charge in [0, 0.05) is 5.54 Å². The number of hydrogen-bond donors (Lipinski definition) is 3. The number of hydrogen-bond acceptors (Lipinski definition) is 7. The summed E-state index contributed by atoms with van der Waals surface area (Å²) in [6.45, 7) is 9.62. The van der Waals surface area contributed by atoms with E-state index >= 15 is 0 Å². The first kappa shape index (κ1) is 23.4. The van der Waals surface area contributed by atoms with Gasteiger partial charge in [0.25, 0.3) is 11.8 Å². The minimum Gasteiger partial charge on any atom is -0.467 e. The van der Waals surface area contributed by atoms with Gasteiger partial charge in [-0.1, -0.05) is 13.8 Å². The molecule has 0 saturated carbocycles. The van der Waals surface area contributed by atoms with Crippen molar-refractivity contribution in [3.8, 4) is 0 Å². The summed E-state index contributed by atoms with van der Waals surface area (Å²) in [4.78, 5) is 39.6. The molecule has 0 saturated heterocycles. The van der Waals surface area contributed by atoms with Crippen molar-refractivity contribution < 1.29 is 18.8 Å². The van der Waals surface area contributed by atoms with Crippen LogP contribution in [0.5, 0.6) is 0 Å². The summed E-state index contributed by atoms with van der Waals surface area (Å²) in [5.74, 6) is -0.964. The van der Waals surface area contributed by atoms with Crippen molar-refractivity contribution in [2.45, 2.75) is 59.2 Å². The van der Waals surface area contributed by atoms with Crippen molar-refractivity contribution in [3.05, 3.63) is 34.7 Å². The van der Waals surface area contributed by atoms with Gasteiger partial charge >= 0.3 is 0 Å². The van der Waals surface area contributed by atoms with E-state index in [1.807, 2.05) is 34.6 Å². The molecule has 5 N–H and O–H groups in total. The molecule has 0 aliphatic rings. The molecular formula is C20H29N5O4S. The number of nitrogens with zero attached hydrogens (tertiary/aromatic N) is 2. The number of furan rings is 1. The number of primary amides is 1. The van der Waals surface area contributed by atoms with E-state index in [2.05, 4.69) is 9.69 Å². The average Bonchev–Trinajstić information content (AvgIpc) is 3.25. The smallest absolute Gasteiger partial charge is 0.270 e. The normalized spacial score (nSPS) is 12.6. The van der Waals surface area contributed by atoms with Crippen molar-refractivity contribution in [2.75, 3.05) is 5.73 Å². The topological polar surface area (TPSA) is 145 Å². The monoisotopic (exact) mass is 435 g/mol. The summed E-state index contributed by atoms with van der Waals surface area (Å²) in [5, 5.41) is 2.95. The van der Waals surface area contributed by atoms with Crippen molar-refractivity contribution >= 4 is 34.9 Å². The lowest BCUT2D eigenvalue weighted by Gasteiger charge is -2.33. The fourth-order valence-electron chi connectivity index (χ4n) is 2.93. The molecule has 0 aliphatic heterocycles. The van der Waals surface area contributed by atoms with E-state index in [1.165, 1.54) is 11.2 Å². The lowest BCUT2D eigenvalue weighted by atomic mass is 9.99. The number of nitrogens with two attached hydrogens (primary N) is 2. The number of nitrogens with one attached hydrogen (secondary N) is 1. The molecule has 0 spiro atoms. The molecule has 1 atom stereocenters. The van der Waals surface area contributed by atoms with E-state index < -0.39 is 23.4 Å². The Labute approximate surface area is 180 Å². The van der Waals surface area contributed by atoms with Crippen LogP contribution in [-0.2, 0) is 11.3 Å². The minimum absolute atomic E-state index is 0.0596. The molecule has 2 aromatic rings. The summed E-state index contributed by atoms with van der Waals surface area (Å²) in [7, 11) is 0. The van der Waals surface area contributed by atoms with Gasteiger partial charge < -0.3 is 26.1 Å². The van der Waals surface area contributed by atoms with Crippen molar-refractivity contribution in [3.63, 3.8) is 0 Å². The van der Waals surface area contributed by atoms with Gasteiger partial charge in [-0.05, 0) is 56.8 Å². The van der Waals surface area contributed by atoms with E-state index in [0.29, 0.717) is 12.2 Å². The first-order chi connectivity index (χ1) is 13.9. The van der Waals surface area contributed by atoms with Gasteiger partial charge in [0.15, 0.2) is 5.69 Å².